The zero-order chi connectivity index (χ0) is 17.6. The Bertz CT molecular complexity index is 684. The third-order valence-corrected chi connectivity index (χ3v) is 4.22. The molecule has 0 saturated heterocycles. The Hall–Kier alpha value is -1.71. The highest BCUT2D eigenvalue weighted by Gasteiger charge is 2.29. The van der Waals surface area contributed by atoms with Gasteiger partial charge in [-0.05, 0) is 62.6 Å². The molecule has 0 fully saturated rings. The van der Waals surface area contributed by atoms with E-state index in [0.717, 1.165) is 23.4 Å². The molecule has 24 heavy (non-hydrogen) atoms. The third kappa shape index (κ3) is 5.43. The summed E-state index contributed by atoms with van der Waals surface area (Å²) in [4.78, 5) is 12.3. The minimum atomic E-state index is -0.960. The lowest BCUT2D eigenvalue weighted by Gasteiger charge is -2.25. The smallest absolute Gasteiger partial charge is 0.263 e. The summed E-state index contributed by atoms with van der Waals surface area (Å²) in [7, 11) is 0. The lowest BCUT2D eigenvalue weighted by Crippen LogP contribution is -2.46. The highest BCUT2D eigenvalue weighted by Crippen LogP contribution is 2.21. The third-order valence-electron chi connectivity index (χ3n) is 3.60. The van der Waals surface area contributed by atoms with Gasteiger partial charge in [0, 0.05) is 16.6 Å². The number of aryl methyl sites for hydroxylation is 1. The van der Waals surface area contributed by atoms with Gasteiger partial charge >= 0.3 is 0 Å². The lowest BCUT2D eigenvalue weighted by atomic mass is 10.1. The van der Waals surface area contributed by atoms with Crippen LogP contribution in [0.3, 0.4) is 0 Å². The van der Waals surface area contributed by atoms with Gasteiger partial charge in [0.25, 0.3) is 5.91 Å². The molecule has 1 N–H and O–H groups in total. The van der Waals surface area contributed by atoms with Crippen molar-refractivity contribution in [1.82, 2.24) is 5.32 Å². The van der Waals surface area contributed by atoms with Crippen LogP contribution >= 0.6 is 23.2 Å². The Morgan fingerprint density at radius 2 is 1.75 bits per heavy atom. The zero-order valence-corrected chi connectivity index (χ0v) is 15.3. The molecule has 2 aromatic rings. The zero-order valence-electron chi connectivity index (χ0n) is 13.8. The number of carbonyl (C=O) groups is 1. The molecule has 0 aromatic heterocycles. The van der Waals surface area contributed by atoms with E-state index in [0.29, 0.717) is 17.3 Å². The van der Waals surface area contributed by atoms with Crippen molar-refractivity contribution in [2.24, 2.45) is 0 Å². The summed E-state index contributed by atoms with van der Waals surface area (Å²) in [5.41, 5.74) is 0.128. The predicted molar refractivity (Wildman–Crippen MR) is 98.9 cm³/mol. The summed E-state index contributed by atoms with van der Waals surface area (Å²) >= 11 is 12.0. The van der Waals surface area contributed by atoms with E-state index in [4.69, 9.17) is 27.9 Å². The second-order valence-corrected chi connectivity index (χ2v) is 6.86. The monoisotopic (exact) mass is 365 g/mol. The average molecular weight is 366 g/mol. The summed E-state index contributed by atoms with van der Waals surface area (Å²) in [6.45, 7) is 4.05. The molecule has 0 aliphatic rings. The Morgan fingerprint density at radius 1 is 1.08 bits per heavy atom. The van der Waals surface area contributed by atoms with Gasteiger partial charge in [-0.1, -0.05) is 41.4 Å². The van der Waals surface area contributed by atoms with E-state index < -0.39 is 5.60 Å². The predicted octanol–water partition coefficient (Wildman–Crippen LogP) is 4.90. The first-order valence-corrected chi connectivity index (χ1v) is 8.60. The highest BCUT2D eigenvalue weighted by molar-refractivity contribution is 6.31. The Labute approximate surface area is 152 Å². The first kappa shape index (κ1) is 18.6. The van der Waals surface area contributed by atoms with Gasteiger partial charge in [-0.3, -0.25) is 4.79 Å². The molecule has 128 valence electrons. The quantitative estimate of drug-likeness (QED) is 0.708. The minimum absolute atomic E-state index is 0.156. The van der Waals surface area contributed by atoms with Crippen molar-refractivity contribution in [3.63, 3.8) is 0 Å². The van der Waals surface area contributed by atoms with E-state index in [1.165, 1.54) is 0 Å². The van der Waals surface area contributed by atoms with Crippen LogP contribution in [0.1, 0.15) is 25.8 Å². The van der Waals surface area contributed by atoms with E-state index in [-0.39, 0.29) is 5.91 Å². The molecule has 2 rings (SSSR count). The van der Waals surface area contributed by atoms with Crippen molar-refractivity contribution < 1.29 is 9.53 Å². The number of ether oxygens (including phenoxy) is 1. The largest absolute Gasteiger partial charge is 0.478 e. The second-order valence-electron chi connectivity index (χ2n) is 6.02. The van der Waals surface area contributed by atoms with Crippen LogP contribution in [0.4, 0.5) is 0 Å². The first-order chi connectivity index (χ1) is 11.4. The molecule has 0 saturated carbocycles. The molecule has 0 aliphatic heterocycles. The van der Waals surface area contributed by atoms with Crippen molar-refractivity contribution in [2.45, 2.75) is 32.3 Å². The van der Waals surface area contributed by atoms with Gasteiger partial charge in [-0.15, -0.1) is 0 Å². The van der Waals surface area contributed by atoms with Crippen molar-refractivity contribution in [3.8, 4) is 5.75 Å². The molecule has 0 aliphatic carbocycles. The summed E-state index contributed by atoms with van der Waals surface area (Å²) < 4.78 is 5.76. The minimum Gasteiger partial charge on any atom is -0.478 e. The molecule has 1 amide bonds. The van der Waals surface area contributed by atoms with Crippen LogP contribution in [0.15, 0.2) is 48.5 Å². The van der Waals surface area contributed by atoms with Gasteiger partial charge < -0.3 is 10.1 Å². The summed E-state index contributed by atoms with van der Waals surface area (Å²) in [6, 6.07) is 14.7. The van der Waals surface area contributed by atoms with Gasteiger partial charge in [0.2, 0.25) is 0 Å². The summed E-state index contributed by atoms with van der Waals surface area (Å²) in [6.07, 6.45) is 1.63. The van der Waals surface area contributed by atoms with E-state index in [9.17, 15) is 4.79 Å². The van der Waals surface area contributed by atoms with Gasteiger partial charge in [0.1, 0.15) is 5.75 Å². The van der Waals surface area contributed by atoms with Crippen LogP contribution in [0.25, 0.3) is 0 Å². The van der Waals surface area contributed by atoms with E-state index in [1.807, 2.05) is 24.3 Å². The van der Waals surface area contributed by atoms with Gasteiger partial charge in [0.05, 0.1) is 0 Å². The number of hydrogen-bond acceptors (Lipinski definition) is 2. The van der Waals surface area contributed by atoms with Crippen LogP contribution in [0, 0.1) is 0 Å². The molecule has 0 unspecified atom stereocenters. The normalized spacial score (nSPS) is 11.2. The second kappa shape index (κ2) is 8.41. The topological polar surface area (TPSA) is 38.3 Å². The molecule has 0 radical (unpaired) electrons. The molecule has 0 heterocycles. The Kier molecular flexibility index (Phi) is 6.52. The fourth-order valence-electron chi connectivity index (χ4n) is 2.24. The maximum atomic E-state index is 12.3. The maximum Gasteiger partial charge on any atom is 0.263 e. The Morgan fingerprint density at radius 3 is 2.42 bits per heavy atom. The number of benzene rings is 2. The van der Waals surface area contributed by atoms with Gasteiger partial charge in [-0.25, -0.2) is 0 Å². The van der Waals surface area contributed by atoms with E-state index >= 15 is 0 Å². The van der Waals surface area contributed by atoms with Crippen LogP contribution in [-0.4, -0.2) is 18.1 Å². The van der Waals surface area contributed by atoms with Crippen LogP contribution in [0.2, 0.25) is 10.0 Å². The molecule has 0 spiro atoms. The summed E-state index contributed by atoms with van der Waals surface area (Å²) in [5.74, 6) is 0.451. The van der Waals surface area contributed by atoms with Crippen LogP contribution in [-0.2, 0) is 11.2 Å². The molecule has 0 atom stereocenters. The maximum absolute atomic E-state index is 12.3. The highest BCUT2D eigenvalue weighted by atomic mass is 35.5. The number of nitrogens with one attached hydrogen (secondary N) is 1. The van der Waals surface area contributed by atoms with Crippen molar-refractivity contribution >= 4 is 29.1 Å². The fourth-order valence-corrected chi connectivity index (χ4v) is 2.59. The van der Waals surface area contributed by atoms with Crippen molar-refractivity contribution in [1.29, 1.82) is 0 Å². The SMILES string of the molecule is CC(C)(Oc1ccc(Cl)cc1)C(=O)NCCCc1ccccc1Cl. The molecule has 2 aromatic carbocycles. The van der Waals surface area contributed by atoms with Gasteiger partial charge in [-0.2, -0.15) is 0 Å². The number of carbonyl (C=O) groups excluding carboxylic acids is 1. The van der Waals surface area contributed by atoms with E-state index in [1.54, 1.807) is 38.1 Å². The summed E-state index contributed by atoms with van der Waals surface area (Å²) in [5, 5.41) is 4.30. The number of halogens is 2. The molecular formula is C19H21Cl2NO2. The van der Waals surface area contributed by atoms with Gasteiger partial charge in [0.15, 0.2) is 5.60 Å². The first-order valence-electron chi connectivity index (χ1n) is 7.85. The number of hydrogen-bond donors (Lipinski definition) is 1. The van der Waals surface area contributed by atoms with Crippen molar-refractivity contribution in [3.05, 3.63) is 64.1 Å². The molecular weight excluding hydrogens is 345 g/mol. The number of amides is 1. The standard InChI is InChI=1S/C19H21Cl2NO2/c1-19(2,24-16-11-9-15(20)10-12-16)18(23)22-13-5-7-14-6-3-4-8-17(14)21/h3-4,6,8-12H,5,7,13H2,1-2H3,(H,22,23). The fraction of sp³-hybridized carbons (Fsp3) is 0.316. The molecule has 5 heteroatoms. The average Bonchev–Trinajstić information content (AvgIpc) is 2.55. The number of rotatable bonds is 7. The Balaban J connectivity index is 1.80. The van der Waals surface area contributed by atoms with Crippen LogP contribution in [0.5, 0.6) is 5.75 Å². The molecule has 0 bridgehead atoms. The van der Waals surface area contributed by atoms with Crippen molar-refractivity contribution in [2.75, 3.05) is 6.54 Å². The molecule has 3 nitrogen and oxygen atoms in total. The van der Waals surface area contributed by atoms with Crippen LogP contribution < -0.4 is 10.1 Å². The van der Waals surface area contributed by atoms with E-state index in [2.05, 4.69) is 5.32 Å². The lowest BCUT2D eigenvalue weighted by molar-refractivity contribution is -0.134.